The van der Waals surface area contributed by atoms with Gasteiger partial charge in [-0.05, 0) is 51.9 Å². The van der Waals surface area contributed by atoms with Gasteiger partial charge in [-0.2, -0.15) is 23.5 Å². The second-order valence-corrected chi connectivity index (χ2v) is 8.48. The van der Waals surface area contributed by atoms with Gasteiger partial charge in [0.2, 0.25) is 0 Å². The monoisotopic (exact) mass is 316 g/mol. The van der Waals surface area contributed by atoms with E-state index >= 15 is 0 Å². The van der Waals surface area contributed by atoms with Crippen LogP contribution in [0.25, 0.3) is 0 Å². The minimum Gasteiger partial charge on any atom is -0.303 e. The Morgan fingerprint density at radius 1 is 0.500 bits per heavy atom. The first-order valence-electron chi connectivity index (χ1n) is 8.55. The first kappa shape index (κ1) is 17.0. The van der Waals surface area contributed by atoms with E-state index in [1.807, 2.05) is 0 Å². The molecule has 20 heavy (non-hydrogen) atoms. The van der Waals surface area contributed by atoms with Crippen LogP contribution < -0.4 is 0 Å². The lowest BCUT2D eigenvalue weighted by atomic mass is 10.1. The van der Waals surface area contributed by atoms with Crippen LogP contribution in [0.2, 0.25) is 0 Å². The second kappa shape index (κ2) is 11.2. The molecule has 2 aliphatic rings. The Balaban J connectivity index is 1.33. The summed E-state index contributed by atoms with van der Waals surface area (Å²) in [5.41, 5.74) is 0. The predicted octanol–water partition coefficient (Wildman–Crippen LogP) is 3.42. The second-order valence-electron chi connectivity index (χ2n) is 6.03. The van der Waals surface area contributed by atoms with Crippen molar-refractivity contribution in [2.24, 2.45) is 0 Å². The number of hydrogen-bond donors (Lipinski definition) is 0. The Labute approximate surface area is 134 Å². The van der Waals surface area contributed by atoms with Crippen LogP contribution in [-0.4, -0.2) is 72.1 Å². The van der Waals surface area contributed by atoms with E-state index in [2.05, 4.69) is 33.3 Å². The Bertz CT molecular complexity index is 203. The molecule has 0 atom stereocenters. The van der Waals surface area contributed by atoms with Crippen molar-refractivity contribution >= 4 is 23.5 Å². The quantitative estimate of drug-likeness (QED) is 0.601. The highest BCUT2D eigenvalue weighted by Gasteiger charge is 2.10. The van der Waals surface area contributed by atoms with Crippen molar-refractivity contribution in [2.45, 2.75) is 38.5 Å². The first-order chi connectivity index (χ1) is 9.95. The molecule has 2 heterocycles. The van der Waals surface area contributed by atoms with Crippen LogP contribution in [0.5, 0.6) is 0 Å². The predicted molar refractivity (Wildman–Crippen MR) is 95.2 cm³/mol. The van der Waals surface area contributed by atoms with Crippen LogP contribution in [-0.2, 0) is 0 Å². The molecule has 2 nitrogen and oxygen atoms in total. The molecule has 2 aliphatic heterocycles. The summed E-state index contributed by atoms with van der Waals surface area (Å²) in [5, 5.41) is 0. The zero-order valence-electron chi connectivity index (χ0n) is 13.0. The summed E-state index contributed by atoms with van der Waals surface area (Å²) in [6.07, 6.45) is 8.62. The number of nitrogens with zero attached hydrogens (tertiary/aromatic N) is 2. The molecule has 2 fully saturated rings. The van der Waals surface area contributed by atoms with E-state index in [0.717, 1.165) is 0 Å². The van der Waals surface area contributed by atoms with Gasteiger partial charge >= 0.3 is 0 Å². The highest BCUT2D eigenvalue weighted by Crippen LogP contribution is 2.13. The molecule has 4 heteroatoms. The molecule has 0 aromatic rings. The van der Waals surface area contributed by atoms with Crippen LogP contribution in [0.3, 0.4) is 0 Å². The summed E-state index contributed by atoms with van der Waals surface area (Å²) < 4.78 is 0. The van der Waals surface area contributed by atoms with E-state index < -0.39 is 0 Å². The fraction of sp³-hybridized carbons (Fsp3) is 1.00. The van der Waals surface area contributed by atoms with Crippen molar-refractivity contribution in [2.75, 3.05) is 62.3 Å². The van der Waals surface area contributed by atoms with Gasteiger partial charge in [-0.15, -0.1) is 0 Å². The molecular weight excluding hydrogens is 284 g/mol. The molecule has 2 rings (SSSR count). The highest BCUT2D eigenvalue weighted by molar-refractivity contribution is 8.02. The van der Waals surface area contributed by atoms with Crippen LogP contribution in [0.15, 0.2) is 0 Å². The summed E-state index contributed by atoms with van der Waals surface area (Å²) >= 11 is 4.31. The van der Waals surface area contributed by atoms with Gasteiger partial charge < -0.3 is 9.80 Å². The molecule has 0 N–H and O–H groups in total. The van der Waals surface area contributed by atoms with Gasteiger partial charge in [0.1, 0.15) is 0 Å². The van der Waals surface area contributed by atoms with E-state index in [4.69, 9.17) is 0 Å². The van der Waals surface area contributed by atoms with Crippen molar-refractivity contribution in [3.05, 3.63) is 0 Å². The third-order valence-electron chi connectivity index (χ3n) is 4.37. The zero-order chi connectivity index (χ0) is 13.9. The maximum Gasteiger partial charge on any atom is 0.00723 e. The molecule has 0 aromatic heterocycles. The minimum atomic E-state index is 1.32. The van der Waals surface area contributed by atoms with Gasteiger partial charge in [-0.3, -0.25) is 0 Å². The number of piperidine rings is 2. The van der Waals surface area contributed by atoms with Crippen LogP contribution >= 0.6 is 23.5 Å². The SMILES string of the molecule is C1CCN(CCSCCSCCN2CCCCC2)CC1. The van der Waals surface area contributed by atoms with Gasteiger partial charge in [0.15, 0.2) is 0 Å². The molecule has 0 saturated carbocycles. The molecule has 2 saturated heterocycles. The fourth-order valence-electron chi connectivity index (χ4n) is 3.08. The Morgan fingerprint density at radius 2 is 0.900 bits per heavy atom. The van der Waals surface area contributed by atoms with Crippen molar-refractivity contribution < 1.29 is 0 Å². The van der Waals surface area contributed by atoms with E-state index in [1.54, 1.807) is 0 Å². The van der Waals surface area contributed by atoms with E-state index in [1.165, 1.54) is 101 Å². The summed E-state index contributed by atoms with van der Waals surface area (Å²) in [7, 11) is 0. The average Bonchev–Trinajstić information content (AvgIpc) is 2.52. The Kier molecular flexibility index (Phi) is 9.53. The van der Waals surface area contributed by atoms with Gasteiger partial charge in [-0.1, -0.05) is 12.8 Å². The van der Waals surface area contributed by atoms with E-state index in [9.17, 15) is 0 Å². The van der Waals surface area contributed by atoms with Crippen molar-refractivity contribution in [3.8, 4) is 0 Å². The number of likely N-dealkylation sites (tertiary alicyclic amines) is 2. The van der Waals surface area contributed by atoms with Gasteiger partial charge in [0.05, 0.1) is 0 Å². The molecular formula is C16H32N2S2. The standard InChI is InChI=1S/C16H32N2S2/c1-3-7-17(8-4-1)11-13-19-15-16-20-14-12-18-9-5-2-6-10-18/h1-16H2. The highest BCUT2D eigenvalue weighted by atomic mass is 32.2. The third-order valence-corrected chi connectivity index (χ3v) is 6.56. The summed E-state index contributed by atoms with van der Waals surface area (Å²) in [6, 6.07) is 0. The van der Waals surface area contributed by atoms with Crippen LogP contribution in [0, 0.1) is 0 Å². The summed E-state index contributed by atoms with van der Waals surface area (Å²) in [6.45, 7) is 8.05. The molecule has 118 valence electrons. The van der Waals surface area contributed by atoms with E-state index in [-0.39, 0.29) is 0 Å². The zero-order valence-corrected chi connectivity index (χ0v) is 14.7. The van der Waals surface area contributed by atoms with Crippen molar-refractivity contribution in [1.29, 1.82) is 0 Å². The van der Waals surface area contributed by atoms with Crippen LogP contribution in [0.1, 0.15) is 38.5 Å². The Hall–Kier alpha value is 0.620. The van der Waals surface area contributed by atoms with E-state index in [0.29, 0.717) is 0 Å². The smallest absolute Gasteiger partial charge is 0.00723 e. The maximum absolute atomic E-state index is 2.65. The van der Waals surface area contributed by atoms with Crippen molar-refractivity contribution in [3.63, 3.8) is 0 Å². The van der Waals surface area contributed by atoms with Crippen LogP contribution in [0.4, 0.5) is 0 Å². The summed E-state index contributed by atoms with van der Waals surface area (Å²) in [4.78, 5) is 5.31. The van der Waals surface area contributed by atoms with Gasteiger partial charge in [0, 0.05) is 36.1 Å². The molecule has 0 amide bonds. The lowest BCUT2D eigenvalue weighted by molar-refractivity contribution is 0.242. The molecule has 0 unspecified atom stereocenters. The number of thioether (sulfide) groups is 2. The topological polar surface area (TPSA) is 6.48 Å². The average molecular weight is 317 g/mol. The van der Waals surface area contributed by atoms with Gasteiger partial charge in [-0.25, -0.2) is 0 Å². The summed E-state index contributed by atoms with van der Waals surface area (Å²) in [5.74, 6) is 5.37. The minimum absolute atomic E-state index is 1.32. The first-order valence-corrected chi connectivity index (χ1v) is 10.9. The van der Waals surface area contributed by atoms with Gasteiger partial charge in [0.25, 0.3) is 0 Å². The molecule has 0 bridgehead atoms. The lowest BCUT2D eigenvalue weighted by Gasteiger charge is -2.26. The normalized spacial score (nSPS) is 22.2. The number of rotatable bonds is 9. The molecule has 0 aromatic carbocycles. The molecule has 0 radical (unpaired) electrons. The molecule has 0 aliphatic carbocycles. The third kappa shape index (κ3) is 7.58. The molecule has 0 spiro atoms. The maximum atomic E-state index is 2.65. The van der Waals surface area contributed by atoms with Crippen molar-refractivity contribution in [1.82, 2.24) is 9.80 Å². The fourth-order valence-corrected chi connectivity index (χ4v) is 5.20. The Morgan fingerprint density at radius 3 is 1.30 bits per heavy atom. The number of hydrogen-bond acceptors (Lipinski definition) is 4. The largest absolute Gasteiger partial charge is 0.303 e. The lowest BCUT2D eigenvalue weighted by Crippen LogP contribution is -2.31.